The zero-order valence-electron chi connectivity index (χ0n) is 11.9. The number of aromatic nitrogens is 3. The average molecular weight is 392 g/mol. The molecule has 0 aliphatic heterocycles. The number of alkyl halides is 3. The van der Waals surface area contributed by atoms with Crippen molar-refractivity contribution in [2.45, 2.75) is 6.18 Å². The van der Waals surface area contributed by atoms with Crippen LogP contribution in [0.5, 0.6) is 0 Å². The summed E-state index contributed by atoms with van der Waals surface area (Å²) < 4.78 is 52.0. The molecule has 0 saturated carbocycles. The molecule has 2 aromatic heterocycles. The average Bonchev–Trinajstić information content (AvgIpc) is 2.92. The molecule has 130 valence electrons. The van der Waals surface area contributed by atoms with Crippen LogP contribution in [0.1, 0.15) is 5.69 Å². The number of thiazole rings is 1. The summed E-state index contributed by atoms with van der Waals surface area (Å²) >= 11 is 6.69. The number of hydrogen-bond acceptors (Lipinski definition) is 4. The normalized spacial score (nSPS) is 11.7. The highest BCUT2D eigenvalue weighted by Crippen LogP contribution is 2.33. The molecule has 11 heteroatoms. The van der Waals surface area contributed by atoms with E-state index in [2.05, 4.69) is 4.98 Å². The van der Waals surface area contributed by atoms with Crippen LogP contribution in [0, 0.1) is 5.82 Å². The van der Waals surface area contributed by atoms with E-state index < -0.39 is 28.9 Å². The van der Waals surface area contributed by atoms with Gasteiger partial charge >= 0.3 is 11.9 Å². The molecule has 0 radical (unpaired) electrons. The molecule has 5 nitrogen and oxygen atoms in total. The Hall–Kier alpha value is -2.46. The summed E-state index contributed by atoms with van der Waals surface area (Å²) in [6.45, 7) is 0. The van der Waals surface area contributed by atoms with Crippen LogP contribution in [0.2, 0.25) is 4.34 Å². The molecule has 0 aliphatic rings. The van der Waals surface area contributed by atoms with Crippen molar-refractivity contribution in [2.75, 3.05) is 0 Å². The molecule has 1 N–H and O–H groups in total. The lowest BCUT2D eigenvalue weighted by Crippen LogP contribution is -2.39. The zero-order valence-corrected chi connectivity index (χ0v) is 13.5. The molecular formula is C14H6ClF4N3O2S. The minimum absolute atomic E-state index is 0.0906. The van der Waals surface area contributed by atoms with Gasteiger partial charge in [-0.05, 0) is 0 Å². The monoisotopic (exact) mass is 391 g/mol. The molecule has 0 unspecified atom stereocenters. The third kappa shape index (κ3) is 3.10. The Morgan fingerprint density at radius 3 is 2.40 bits per heavy atom. The van der Waals surface area contributed by atoms with E-state index >= 15 is 0 Å². The van der Waals surface area contributed by atoms with Crippen LogP contribution >= 0.6 is 22.9 Å². The van der Waals surface area contributed by atoms with Gasteiger partial charge in [0.2, 0.25) is 10.9 Å². The van der Waals surface area contributed by atoms with Gasteiger partial charge in [-0.1, -0.05) is 53.3 Å². The Kier molecular flexibility index (Phi) is 4.25. The van der Waals surface area contributed by atoms with Crippen molar-refractivity contribution in [3.8, 4) is 16.4 Å². The van der Waals surface area contributed by atoms with Crippen molar-refractivity contribution in [3.05, 3.63) is 67.0 Å². The Balaban J connectivity index is 2.21. The first-order chi connectivity index (χ1) is 11.7. The van der Waals surface area contributed by atoms with Crippen molar-refractivity contribution in [1.29, 1.82) is 0 Å². The number of halogens is 5. The van der Waals surface area contributed by atoms with Gasteiger partial charge in [-0.2, -0.15) is 22.1 Å². The van der Waals surface area contributed by atoms with Crippen molar-refractivity contribution in [2.24, 2.45) is 0 Å². The number of rotatable bonds is 2. The highest BCUT2D eigenvalue weighted by atomic mass is 35.5. The van der Waals surface area contributed by atoms with E-state index in [9.17, 15) is 27.2 Å². The van der Waals surface area contributed by atoms with E-state index in [1.54, 1.807) is 30.3 Å². The Morgan fingerprint density at radius 2 is 1.80 bits per heavy atom. The first-order valence-corrected chi connectivity index (χ1v) is 7.73. The maximum absolute atomic E-state index is 13.8. The summed E-state index contributed by atoms with van der Waals surface area (Å²) in [5.74, 6) is -2.13. The number of hydrogen-bond donors (Lipinski definition) is 1. The van der Waals surface area contributed by atoms with E-state index in [1.807, 2.05) is 0 Å². The van der Waals surface area contributed by atoms with E-state index in [-0.39, 0.29) is 19.7 Å². The fraction of sp³-hybridized carbons (Fsp3) is 0.0714. The van der Waals surface area contributed by atoms with Gasteiger partial charge in [0.05, 0.1) is 0 Å². The maximum Gasteiger partial charge on any atom is 0.434 e. The van der Waals surface area contributed by atoms with Gasteiger partial charge in [-0.15, -0.1) is 0 Å². The van der Waals surface area contributed by atoms with Crippen LogP contribution in [0.3, 0.4) is 0 Å². The van der Waals surface area contributed by atoms with Crippen LogP contribution in [0.15, 0.2) is 39.9 Å². The molecule has 0 saturated heterocycles. The third-order valence-corrected chi connectivity index (χ3v) is 4.38. The Morgan fingerprint density at radius 1 is 1.16 bits per heavy atom. The quantitative estimate of drug-likeness (QED) is 0.680. The Labute approximate surface area is 145 Å². The second kappa shape index (κ2) is 6.12. The highest BCUT2D eigenvalue weighted by Gasteiger charge is 2.38. The van der Waals surface area contributed by atoms with Crippen molar-refractivity contribution >= 4 is 22.9 Å². The lowest BCUT2D eigenvalue weighted by Gasteiger charge is -2.08. The summed E-state index contributed by atoms with van der Waals surface area (Å²) in [5.41, 5.74) is -4.49. The minimum Gasteiger partial charge on any atom is -0.300 e. The van der Waals surface area contributed by atoms with Crippen molar-refractivity contribution in [3.63, 3.8) is 0 Å². The van der Waals surface area contributed by atoms with Crippen LogP contribution in [-0.4, -0.2) is 14.5 Å². The fourth-order valence-corrected chi connectivity index (χ4v) is 3.22. The predicted octanol–water partition coefficient (Wildman–Crippen LogP) is 3.46. The number of benzene rings is 1. The summed E-state index contributed by atoms with van der Waals surface area (Å²) in [5, 5.41) is -0.345. The summed E-state index contributed by atoms with van der Waals surface area (Å²) in [7, 11) is 0. The summed E-state index contributed by atoms with van der Waals surface area (Å²) in [6.07, 6.45) is -5.21. The smallest absolute Gasteiger partial charge is 0.300 e. The number of nitrogens with one attached hydrogen (secondary N) is 1. The molecule has 3 aromatic rings. The van der Waals surface area contributed by atoms with Crippen LogP contribution in [0.4, 0.5) is 17.6 Å². The van der Waals surface area contributed by atoms with E-state index in [0.717, 1.165) is 0 Å². The zero-order chi connectivity index (χ0) is 18.4. The molecule has 0 spiro atoms. The number of H-pyrrole nitrogens is 1. The van der Waals surface area contributed by atoms with Crippen molar-refractivity contribution < 1.29 is 17.6 Å². The van der Waals surface area contributed by atoms with Gasteiger partial charge in [0.25, 0.3) is 5.56 Å². The molecule has 25 heavy (non-hydrogen) atoms. The molecule has 0 bridgehead atoms. The number of nitrogens with zero attached hydrogens (tertiary/aromatic N) is 2. The topological polar surface area (TPSA) is 67.8 Å². The van der Waals surface area contributed by atoms with Crippen LogP contribution < -0.4 is 11.2 Å². The minimum atomic E-state index is -5.21. The summed E-state index contributed by atoms with van der Waals surface area (Å²) in [4.78, 5) is 29.1. The molecule has 1 aromatic carbocycles. The predicted molar refractivity (Wildman–Crippen MR) is 83.7 cm³/mol. The lowest BCUT2D eigenvalue weighted by atomic mass is 10.2. The molecule has 3 rings (SSSR count). The fourth-order valence-electron chi connectivity index (χ4n) is 2.04. The molecular weight excluding hydrogens is 386 g/mol. The molecule has 0 atom stereocenters. The Bertz CT molecular complexity index is 1060. The van der Waals surface area contributed by atoms with Gasteiger partial charge in [0, 0.05) is 5.56 Å². The first-order valence-electron chi connectivity index (χ1n) is 6.54. The van der Waals surface area contributed by atoms with E-state index in [0.29, 0.717) is 16.9 Å². The van der Waals surface area contributed by atoms with E-state index in [1.165, 1.54) is 4.98 Å². The standard InChI is InChI=1S/C14H6ClF4N3O2S/c15-10-8(6-4-2-1-3-5-6)20-13(25-10)22-11(23)7(16)9(14(17,18)19)21-12(22)24/h1-5H,(H,21,24). The molecule has 0 amide bonds. The van der Waals surface area contributed by atoms with Gasteiger partial charge in [-0.25, -0.2) is 9.78 Å². The molecule has 2 heterocycles. The third-order valence-electron chi connectivity index (χ3n) is 3.14. The van der Waals surface area contributed by atoms with E-state index in [4.69, 9.17) is 11.6 Å². The maximum atomic E-state index is 13.8. The molecule has 0 aliphatic carbocycles. The van der Waals surface area contributed by atoms with Crippen LogP contribution in [-0.2, 0) is 6.18 Å². The second-order valence-electron chi connectivity index (χ2n) is 4.74. The number of aromatic amines is 1. The molecule has 0 fully saturated rings. The second-order valence-corrected chi connectivity index (χ2v) is 6.32. The van der Waals surface area contributed by atoms with Gasteiger partial charge in [0.1, 0.15) is 10.0 Å². The van der Waals surface area contributed by atoms with Crippen molar-refractivity contribution in [1.82, 2.24) is 14.5 Å². The lowest BCUT2D eigenvalue weighted by molar-refractivity contribution is -0.144. The van der Waals surface area contributed by atoms with Gasteiger partial charge in [-0.3, -0.25) is 4.79 Å². The SMILES string of the molecule is O=c1[nH]c(C(F)(F)F)c(F)c(=O)n1-c1nc(-c2ccccc2)c(Cl)s1. The first kappa shape index (κ1) is 17.4. The van der Waals surface area contributed by atoms with Gasteiger partial charge < -0.3 is 4.98 Å². The van der Waals surface area contributed by atoms with Crippen LogP contribution in [0.25, 0.3) is 16.4 Å². The summed E-state index contributed by atoms with van der Waals surface area (Å²) in [6, 6.07) is 8.45. The van der Waals surface area contributed by atoms with Gasteiger partial charge in [0.15, 0.2) is 5.69 Å². The largest absolute Gasteiger partial charge is 0.434 e. The highest BCUT2D eigenvalue weighted by molar-refractivity contribution is 7.18.